The second-order valence-electron chi connectivity index (χ2n) is 4.43. The molecule has 0 unspecified atom stereocenters. The average Bonchev–Trinajstić information content (AvgIpc) is 2.48. The number of aryl methyl sites for hydroxylation is 1. The van der Waals surface area contributed by atoms with Gasteiger partial charge >= 0.3 is 0 Å². The maximum absolute atomic E-state index is 12.4. The molecule has 4 nitrogen and oxygen atoms in total. The van der Waals surface area contributed by atoms with Crippen molar-refractivity contribution in [2.75, 3.05) is 11.9 Å². The molecule has 0 radical (unpaired) electrons. The monoisotopic (exact) mass is 270 g/mol. The number of benzene rings is 1. The van der Waals surface area contributed by atoms with Gasteiger partial charge in [0, 0.05) is 24.7 Å². The Bertz CT molecular complexity index is 570. The van der Waals surface area contributed by atoms with Crippen molar-refractivity contribution >= 4 is 11.6 Å². The lowest BCUT2D eigenvalue weighted by Crippen LogP contribution is -2.24. The van der Waals surface area contributed by atoms with Crippen molar-refractivity contribution in [2.45, 2.75) is 20.0 Å². The molecule has 20 heavy (non-hydrogen) atoms. The molecular formula is C16H18N2O2. The van der Waals surface area contributed by atoms with Gasteiger partial charge in [-0.05, 0) is 31.0 Å². The quantitative estimate of drug-likeness (QED) is 0.908. The van der Waals surface area contributed by atoms with E-state index in [1.807, 2.05) is 44.2 Å². The van der Waals surface area contributed by atoms with Crippen LogP contribution in [0.15, 0.2) is 48.8 Å². The van der Waals surface area contributed by atoms with Crippen molar-refractivity contribution in [3.63, 3.8) is 0 Å². The Hall–Kier alpha value is -2.20. The lowest BCUT2D eigenvalue weighted by atomic mass is 10.1. The average molecular weight is 270 g/mol. The molecular weight excluding hydrogens is 252 g/mol. The molecule has 0 aliphatic heterocycles. The van der Waals surface area contributed by atoms with Gasteiger partial charge < -0.3 is 10.1 Å². The number of hydrogen-bond acceptors (Lipinski definition) is 3. The van der Waals surface area contributed by atoms with Crippen LogP contribution in [0.5, 0.6) is 0 Å². The lowest BCUT2D eigenvalue weighted by Gasteiger charge is -2.17. The summed E-state index contributed by atoms with van der Waals surface area (Å²) in [4.78, 5) is 16.4. The van der Waals surface area contributed by atoms with Gasteiger partial charge in [0.05, 0.1) is 0 Å². The van der Waals surface area contributed by atoms with Crippen molar-refractivity contribution in [1.29, 1.82) is 0 Å². The fourth-order valence-corrected chi connectivity index (χ4v) is 1.93. The van der Waals surface area contributed by atoms with E-state index in [2.05, 4.69) is 10.3 Å². The number of rotatable bonds is 5. The van der Waals surface area contributed by atoms with Gasteiger partial charge in [0.2, 0.25) is 0 Å². The predicted octanol–water partition coefficient (Wildman–Crippen LogP) is 3.11. The van der Waals surface area contributed by atoms with Gasteiger partial charge in [-0.1, -0.05) is 30.3 Å². The molecule has 0 bridgehead atoms. The fourth-order valence-electron chi connectivity index (χ4n) is 1.93. The van der Waals surface area contributed by atoms with E-state index in [1.165, 1.54) is 0 Å². The summed E-state index contributed by atoms with van der Waals surface area (Å²) in [6.45, 7) is 4.25. The molecule has 2 rings (SSSR count). The molecule has 4 heteroatoms. The van der Waals surface area contributed by atoms with Crippen LogP contribution in [-0.4, -0.2) is 17.5 Å². The summed E-state index contributed by atoms with van der Waals surface area (Å²) >= 11 is 0. The smallest absolute Gasteiger partial charge is 0.258 e. The van der Waals surface area contributed by atoms with Crippen LogP contribution in [0.4, 0.5) is 5.69 Å². The van der Waals surface area contributed by atoms with Crippen LogP contribution in [-0.2, 0) is 9.53 Å². The summed E-state index contributed by atoms with van der Waals surface area (Å²) in [5, 5.41) is 2.89. The minimum atomic E-state index is -0.603. The molecule has 1 aromatic carbocycles. The Morgan fingerprint density at radius 2 is 2.05 bits per heavy atom. The van der Waals surface area contributed by atoms with E-state index in [9.17, 15) is 4.79 Å². The Morgan fingerprint density at radius 3 is 2.70 bits per heavy atom. The molecule has 0 fully saturated rings. The number of nitrogens with one attached hydrogen (secondary N) is 1. The molecule has 0 saturated heterocycles. The number of anilines is 1. The topological polar surface area (TPSA) is 51.2 Å². The van der Waals surface area contributed by atoms with E-state index in [0.717, 1.165) is 16.8 Å². The molecule has 0 aliphatic carbocycles. The van der Waals surface area contributed by atoms with E-state index in [1.54, 1.807) is 18.5 Å². The van der Waals surface area contributed by atoms with E-state index in [4.69, 9.17) is 4.74 Å². The summed E-state index contributed by atoms with van der Waals surface area (Å²) in [6, 6.07) is 11.3. The maximum atomic E-state index is 12.4. The minimum absolute atomic E-state index is 0.174. The number of carbonyl (C=O) groups is 1. The molecule has 1 amide bonds. The van der Waals surface area contributed by atoms with Gasteiger partial charge in [-0.3, -0.25) is 9.78 Å². The molecule has 1 heterocycles. The third-order valence-electron chi connectivity index (χ3n) is 2.95. The SMILES string of the molecule is CCO[C@H](C(=O)Nc1ccncc1C)c1ccccc1. The Balaban J connectivity index is 2.18. The molecule has 1 N–H and O–H groups in total. The summed E-state index contributed by atoms with van der Waals surface area (Å²) in [5.74, 6) is -0.174. The van der Waals surface area contributed by atoms with Crippen molar-refractivity contribution in [3.8, 4) is 0 Å². The first-order valence-corrected chi connectivity index (χ1v) is 6.60. The molecule has 1 atom stereocenters. The number of ether oxygens (including phenoxy) is 1. The first kappa shape index (κ1) is 14.2. The number of carbonyl (C=O) groups excluding carboxylic acids is 1. The summed E-state index contributed by atoms with van der Waals surface area (Å²) in [7, 11) is 0. The molecule has 0 spiro atoms. The van der Waals surface area contributed by atoms with Gasteiger partial charge in [0.25, 0.3) is 5.91 Å². The van der Waals surface area contributed by atoms with Gasteiger partial charge in [-0.15, -0.1) is 0 Å². The van der Waals surface area contributed by atoms with Crippen LogP contribution < -0.4 is 5.32 Å². The zero-order valence-corrected chi connectivity index (χ0v) is 11.7. The normalized spacial score (nSPS) is 11.9. The highest BCUT2D eigenvalue weighted by Crippen LogP contribution is 2.20. The standard InChI is InChI=1S/C16H18N2O2/c1-3-20-15(13-7-5-4-6-8-13)16(19)18-14-9-10-17-11-12(14)2/h4-11,15H,3H2,1-2H3,(H,17,18,19)/t15-/m0/s1. The van der Waals surface area contributed by atoms with Crippen LogP contribution in [0.3, 0.4) is 0 Å². The summed E-state index contributed by atoms with van der Waals surface area (Å²) < 4.78 is 5.57. The summed E-state index contributed by atoms with van der Waals surface area (Å²) in [5.41, 5.74) is 2.52. The number of aromatic nitrogens is 1. The number of pyridine rings is 1. The van der Waals surface area contributed by atoms with Crippen LogP contribution >= 0.6 is 0 Å². The van der Waals surface area contributed by atoms with Crippen molar-refractivity contribution in [3.05, 3.63) is 59.9 Å². The van der Waals surface area contributed by atoms with E-state index in [0.29, 0.717) is 6.61 Å². The highest BCUT2D eigenvalue weighted by molar-refractivity contribution is 5.95. The minimum Gasteiger partial charge on any atom is -0.364 e. The largest absolute Gasteiger partial charge is 0.364 e. The van der Waals surface area contributed by atoms with E-state index >= 15 is 0 Å². The van der Waals surface area contributed by atoms with Crippen molar-refractivity contribution in [1.82, 2.24) is 4.98 Å². The highest BCUT2D eigenvalue weighted by atomic mass is 16.5. The molecule has 0 saturated carbocycles. The molecule has 1 aromatic heterocycles. The molecule has 0 aliphatic rings. The highest BCUT2D eigenvalue weighted by Gasteiger charge is 2.21. The van der Waals surface area contributed by atoms with Gasteiger partial charge in [-0.25, -0.2) is 0 Å². The number of hydrogen-bond donors (Lipinski definition) is 1. The van der Waals surface area contributed by atoms with Gasteiger partial charge in [0.15, 0.2) is 6.10 Å². The number of amides is 1. The Morgan fingerprint density at radius 1 is 1.30 bits per heavy atom. The number of nitrogens with zero attached hydrogens (tertiary/aromatic N) is 1. The first-order chi connectivity index (χ1) is 9.72. The van der Waals surface area contributed by atoms with Crippen molar-refractivity contribution in [2.24, 2.45) is 0 Å². The van der Waals surface area contributed by atoms with Crippen LogP contribution in [0.2, 0.25) is 0 Å². The zero-order chi connectivity index (χ0) is 14.4. The third-order valence-corrected chi connectivity index (χ3v) is 2.95. The van der Waals surface area contributed by atoms with Crippen LogP contribution in [0.25, 0.3) is 0 Å². The van der Waals surface area contributed by atoms with Gasteiger partial charge in [0.1, 0.15) is 0 Å². The Kier molecular flexibility index (Phi) is 4.85. The first-order valence-electron chi connectivity index (χ1n) is 6.60. The second kappa shape index (κ2) is 6.82. The van der Waals surface area contributed by atoms with Gasteiger partial charge in [-0.2, -0.15) is 0 Å². The third kappa shape index (κ3) is 3.42. The lowest BCUT2D eigenvalue weighted by molar-refractivity contribution is -0.127. The second-order valence-corrected chi connectivity index (χ2v) is 4.43. The zero-order valence-electron chi connectivity index (χ0n) is 11.7. The van der Waals surface area contributed by atoms with Crippen LogP contribution in [0, 0.1) is 6.92 Å². The molecule has 104 valence electrons. The summed E-state index contributed by atoms with van der Waals surface area (Å²) in [6.07, 6.45) is 2.77. The van der Waals surface area contributed by atoms with Crippen LogP contribution in [0.1, 0.15) is 24.2 Å². The predicted molar refractivity (Wildman–Crippen MR) is 78.4 cm³/mol. The molecule has 2 aromatic rings. The Labute approximate surface area is 118 Å². The van der Waals surface area contributed by atoms with Crippen molar-refractivity contribution < 1.29 is 9.53 Å². The maximum Gasteiger partial charge on any atom is 0.258 e. The fraction of sp³-hybridized carbons (Fsp3) is 0.250. The van der Waals surface area contributed by atoms with E-state index in [-0.39, 0.29) is 5.91 Å². The van der Waals surface area contributed by atoms with E-state index < -0.39 is 6.10 Å².